The highest BCUT2D eigenvalue weighted by Gasteiger charge is 2.30. The van der Waals surface area contributed by atoms with Gasteiger partial charge in [0.1, 0.15) is 5.75 Å². The number of hydrogen-bond acceptors (Lipinski definition) is 4. The van der Waals surface area contributed by atoms with Gasteiger partial charge in [0.05, 0.1) is 16.8 Å². The van der Waals surface area contributed by atoms with Crippen molar-refractivity contribution in [3.8, 4) is 5.75 Å². The van der Waals surface area contributed by atoms with Crippen molar-refractivity contribution >= 4 is 9.84 Å². The summed E-state index contributed by atoms with van der Waals surface area (Å²) in [5.41, 5.74) is 0.900. The summed E-state index contributed by atoms with van der Waals surface area (Å²) in [4.78, 5) is 2.23. The second-order valence-corrected chi connectivity index (χ2v) is 11.3. The molecule has 2 aliphatic rings. The van der Waals surface area contributed by atoms with Crippen LogP contribution in [-0.4, -0.2) is 38.3 Å². The van der Waals surface area contributed by atoms with Gasteiger partial charge < -0.3 is 4.74 Å². The molecule has 4 rings (SSSR count). The highest BCUT2D eigenvalue weighted by atomic mass is 32.2. The molecule has 4 nitrogen and oxygen atoms in total. The Kier molecular flexibility index (Phi) is 6.86. The monoisotopic (exact) mass is 463 g/mol. The van der Waals surface area contributed by atoms with Crippen LogP contribution in [0.1, 0.15) is 50.2 Å². The van der Waals surface area contributed by atoms with Crippen molar-refractivity contribution in [1.29, 1.82) is 0 Å². The van der Waals surface area contributed by atoms with Crippen LogP contribution in [0.25, 0.3) is 0 Å². The molecule has 2 aromatic carbocycles. The topological polar surface area (TPSA) is 46.6 Å². The Morgan fingerprint density at radius 2 is 1.78 bits per heavy atom. The van der Waals surface area contributed by atoms with Crippen molar-refractivity contribution in [2.24, 2.45) is 5.92 Å². The largest absolute Gasteiger partial charge is 0.490 e. The minimum Gasteiger partial charge on any atom is -0.490 e. The lowest BCUT2D eigenvalue weighted by atomic mass is 10.1. The van der Waals surface area contributed by atoms with Crippen LogP contribution >= 0.6 is 0 Å². The summed E-state index contributed by atoms with van der Waals surface area (Å²) in [7, 11) is -3.62. The molecule has 0 N–H and O–H groups in total. The smallest absolute Gasteiger partial charge is 0.270 e. The van der Waals surface area contributed by atoms with Crippen LogP contribution in [0.4, 0.5) is 8.78 Å². The summed E-state index contributed by atoms with van der Waals surface area (Å²) in [6, 6.07) is 13.4. The normalized spacial score (nSPS) is 20.7. The standard InChI is InChI=1S/C25H31F2NO3S/c1-25(26,27)21-5-4-8-24(15-21)32(29,30)18-20-13-14-28(17-20)16-19-9-11-23(12-10-19)31-22-6-2-3-7-22/h4-5,8-12,15,20,22H,2-3,6-7,13-14,16-18H2,1H3/t20-/m1/s1. The average Bonchev–Trinajstić information content (AvgIpc) is 3.41. The fourth-order valence-electron chi connectivity index (χ4n) is 4.69. The van der Waals surface area contributed by atoms with E-state index < -0.39 is 15.8 Å². The molecule has 2 fully saturated rings. The molecule has 0 spiro atoms. The first kappa shape index (κ1) is 23.2. The van der Waals surface area contributed by atoms with Crippen LogP contribution in [0, 0.1) is 5.92 Å². The quantitative estimate of drug-likeness (QED) is 0.525. The Labute approximate surface area is 189 Å². The second-order valence-electron chi connectivity index (χ2n) is 9.26. The van der Waals surface area contributed by atoms with Crippen molar-refractivity contribution in [1.82, 2.24) is 4.90 Å². The van der Waals surface area contributed by atoms with Gasteiger partial charge in [0.15, 0.2) is 9.84 Å². The third-order valence-electron chi connectivity index (χ3n) is 6.46. The van der Waals surface area contributed by atoms with Gasteiger partial charge in [-0.05, 0) is 74.4 Å². The van der Waals surface area contributed by atoms with E-state index in [4.69, 9.17) is 4.74 Å². The minimum absolute atomic E-state index is 0.00392. The van der Waals surface area contributed by atoms with Gasteiger partial charge in [-0.25, -0.2) is 17.2 Å². The maximum absolute atomic E-state index is 13.6. The first-order valence-corrected chi connectivity index (χ1v) is 13.0. The van der Waals surface area contributed by atoms with E-state index in [-0.39, 0.29) is 22.1 Å². The molecule has 0 radical (unpaired) electrons. The molecule has 0 unspecified atom stereocenters. The summed E-state index contributed by atoms with van der Waals surface area (Å²) in [6.07, 6.45) is 5.86. The number of rotatable bonds is 8. The third-order valence-corrected chi connectivity index (χ3v) is 8.34. The highest BCUT2D eigenvalue weighted by Crippen LogP contribution is 2.30. The van der Waals surface area contributed by atoms with Crippen LogP contribution in [0.5, 0.6) is 5.75 Å². The number of alkyl halides is 2. The van der Waals surface area contributed by atoms with Gasteiger partial charge in [0.2, 0.25) is 0 Å². The summed E-state index contributed by atoms with van der Waals surface area (Å²) in [5, 5.41) is 0. The SMILES string of the molecule is CC(F)(F)c1cccc(S(=O)(=O)C[C@@H]2CCN(Cc3ccc(OC4CCCC4)cc3)C2)c1. The first-order chi connectivity index (χ1) is 15.2. The molecule has 7 heteroatoms. The second kappa shape index (κ2) is 9.48. The van der Waals surface area contributed by atoms with E-state index in [0.717, 1.165) is 51.1 Å². The van der Waals surface area contributed by atoms with Crippen molar-refractivity contribution in [2.75, 3.05) is 18.8 Å². The number of hydrogen-bond donors (Lipinski definition) is 0. The molecule has 1 heterocycles. The zero-order valence-corrected chi connectivity index (χ0v) is 19.3. The van der Waals surface area contributed by atoms with E-state index >= 15 is 0 Å². The van der Waals surface area contributed by atoms with Gasteiger partial charge in [-0.15, -0.1) is 0 Å². The minimum atomic E-state index is -3.62. The predicted octanol–water partition coefficient (Wildman–Crippen LogP) is 5.42. The maximum Gasteiger partial charge on any atom is 0.270 e. The van der Waals surface area contributed by atoms with E-state index in [0.29, 0.717) is 12.6 Å². The lowest BCUT2D eigenvalue weighted by Gasteiger charge is -2.18. The van der Waals surface area contributed by atoms with Gasteiger partial charge in [-0.1, -0.05) is 24.3 Å². The van der Waals surface area contributed by atoms with Gasteiger partial charge >= 0.3 is 0 Å². The zero-order chi connectivity index (χ0) is 22.8. The van der Waals surface area contributed by atoms with E-state index in [1.807, 2.05) is 12.1 Å². The van der Waals surface area contributed by atoms with Gasteiger partial charge in [-0.2, -0.15) is 0 Å². The molecule has 0 aromatic heterocycles. The van der Waals surface area contributed by atoms with Crippen molar-refractivity contribution in [2.45, 2.75) is 62.5 Å². The molecular formula is C25H31F2NO3S. The van der Waals surface area contributed by atoms with Crippen molar-refractivity contribution in [3.63, 3.8) is 0 Å². The molecule has 1 aliphatic heterocycles. The van der Waals surface area contributed by atoms with Crippen LogP contribution in [0.2, 0.25) is 0 Å². The molecule has 32 heavy (non-hydrogen) atoms. The number of benzene rings is 2. The molecule has 1 aliphatic carbocycles. The molecule has 0 bridgehead atoms. The van der Waals surface area contributed by atoms with E-state index in [9.17, 15) is 17.2 Å². The Balaban J connectivity index is 1.31. The van der Waals surface area contributed by atoms with E-state index in [2.05, 4.69) is 17.0 Å². The van der Waals surface area contributed by atoms with E-state index in [1.54, 1.807) is 0 Å². The maximum atomic E-state index is 13.6. The fraction of sp³-hybridized carbons (Fsp3) is 0.520. The number of likely N-dealkylation sites (tertiary alicyclic amines) is 1. The Hall–Kier alpha value is -1.99. The molecule has 1 saturated heterocycles. The summed E-state index contributed by atoms with van der Waals surface area (Å²) >= 11 is 0. The van der Waals surface area contributed by atoms with Crippen molar-refractivity contribution < 1.29 is 21.9 Å². The lowest BCUT2D eigenvalue weighted by molar-refractivity contribution is 0.0172. The Bertz CT molecular complexity index is 1010. The average molecular weight is 464 g/mol. The molecule has 1 atom stereocenters. The summed E-state index contributed by atoms with van der Waals surface area (Å²) in [5.74, 6) is -2.18. The number of halogens is 2. The van der Waals surface area contributed by atoms with Crippen LogP contribution in [0.15, 0.2) is 53.4 Å². The highest BCUT2D eigenvalue weighted by molar-refractivity contribution is 7.91. The molecular weight excluding hydrogens is 432 g/mol. The molecule has 0 amide bonds. The van der Waals surface area contributed by atoms with Gasteiger partial charge in [-0.3, -0.25) is 4.90 Å². The molecule has 2 aromatic rings. The third kappa shape index (κ3) is 5.87. The van der Waals surface area contributed by atoms with Crippen LogP contribution in [-0.2, 0) is 22.3 Å². The first-order valence-electron chi connectivity index (χ1n) is 11.4. The van der Waals surface area contributed by atoms with Gasteiger partial charge in [0.25, 0.3) is 5.92 Å². The number of sulfone groups is 1. The van der Waals surface area contributed by atoms with Crippen molar-refractivity contribution in [3.05, 3.63) is 59.7 Å². The van der Waals surface area contributed by atoms with Crippen LogP contribution in [0.3, 0.4) is 0 Å². The van der Waals surface area contributed by atoms with Gasteiger partial charge in [0, 0.05) is 25.6 Å². The Morgan fingerprint density at radius 1 is 1.06 bits per heavy atom. The zero-order valence-electron chi connectivity index (χ0n) is 18.5. The molecule has 174 valence electrons. The van der Waals surface area contributed by atoms with E-state index in [1.165, 1.54) is 36.6 Å². The number of nitrogens with zero attached hydrogens (tertiary/aromatic N) is 1. The lowest BCUT2D eigenvalue weighted by Crippen LogP contribution is -2.23. The summed E-state index contributed by atoms with van der Waals surface area (Å²) in [6.45, 7) is 3.05. The summed E-state index contributed by atoms with van der Waals surface area (Å²) < 4.78 is 58.9. The van der Waals surface area contributed by atoms with Crippen LogP contribution < -0.4 is 4.74 Å². The fourth-order valence-corrected chi connectivity index (χ4v) is 6.37. The predicted molar refractivity (Wildman–Crippen MR) is 121 cm³/mol. The number of ether oxygens (including phenoxy) is 1. The Morgan fingerprint density at radius 3 is 2.47 bits per heavy atom. The molecule has 1 saturated carbocycles.